The molecule has 2 heterocycles. The minimum atomic E-state index is -1.62. The zero-order chi connectivity index (χ0) is 19.3. The van der Waals surface area contributed by atoms with Crippen molar-refractivity contribution in [3.63, 3.8) is 0 Å². The molecule has 0 spiro atoms. The van der Waals surface area contributed by atoms with Gasteiger partial charge in [-0.3, -0.25) is 0 Å². The molecular formula is C26H24Si2. The van der Waals surface area contributed by atoms with E-state index in [1.165, 1.54) is 33.0 Å². The first-order valence-corrected chi connectivity index (χ1v) is 16.2. The molecule has 0 radical (unpaired) electrons. The molecule has 0 aromatic heterocycles. The van der Waals surface area contributed by atoms with Gasteiger partial charge in [0.15, 0.2) is 0 Å². The average molecular weight is 393 g/mol. The Labute approximate surface area is 168 Å². The van der Waals surface area contributed by atoms with E-state index in [1.54, 1.807) is 20.7 Å². The van der Waals surface area contributed by atoms with Crippen molar-refractivity contribution in [2.45, 2.75) is 26.2 Å². The standard InChI is InChI=1S/C26H24Si2/c1-27(2)23-11-7-5-9-19(23)21-13-18-16-26-22(14-17(18)15-25(21)27)20-10-6-8-12-24(20)28(26,3)4/h5-16H,1-4H3. The normalized spacial score (nSPS) is 17.1. The summed E-state index contributed by atoms with van der Waals surface area (Å²) in [6.45, 7) is 10.0. The third-order valence-corrected chi connectivity index (χ3v) is 14.3. The lowest BCUT2D eigenvalue weighted by Gasteiger charge is -2.20. The number of hydrogen-bond acceptors (Lipinski definition) is 0. The number of hydrogen-bond donors (Lipinski definition) is 0. The molecule has 0 unspecified atom stereocenters. The fourth-order valence-corrected chi connectivity index (χ4v) is 11.8. The van der Waals surface area contributed by atoms with Gasteiger partial charge < -0.3 is 0 Å². The Morgan fingerprint density at radius 2 is 0.821 bits per heavy atom. The smallest absolute Gasteiger partial charge is 0.0623 e. The van der Waals surface area contributed by atoms with Gasteiger partial charge in [0.1, 0.15) is 16.1 Å². The molecule has 4 aromatic carbocycles. The summed E-state index contributed by atoms with van der Waals surface area (Å²) in [5, 5.41) is 9.20. The van der Waals surface area contributed by atoms with E-state index in [9.17, 15) is 0 Å². The van der Waals surface area contributed by atoms with Crippen LogP contribution in [0.5, 0.6) is 0 Å². The van der Waals surface area contributed by atoms with E-state index in [1.807, 2.05) is 0 Å². The van der Waals surface area contributed by atoms with Crippen LogP contribution < -0.4 is 20.7 Å². The van der Waals surface area contributed by atoms with Crippen LogP contribution in [0.1, 0.15) is 0 Å². The molecular weight excluding hydrogens is 368 g/mol. The highest BCUT2D eigenvalue weighted by Gasteiger charge is 2.39. The Kier molecular flexibility index (Phi) is 3.03. The van der Waals surface area contributed by atoms with Crippen molar-refractivity contribution < 1.29 is 0 Å². The maximum atomic E-state index is 2.52. The number of fused-ring (bicyclic) bond motifs is 7. The Morgan fingerprint density at radius 1 is 0.429 bits per heavy atom. The van der Waals surface area contributed by atoms with Crippen LogP contribution >= 0.6 is 0 Å². The van der Waals surface area contributed by atoms with Gasteiger partial charge in [0.25, 0.3) is 0 Å². The Bertz CT molecular complexity index is 1210. The first kappa shape index (κ1) is 16.5. The van der Waals surface area contributed by atoms with Gasteiger partial charge in [0.2, 0.25) is 0 Å². The summed E-state index contributed by atoms with van der Waals surface area (Å²) in [4.78, 5) is 0. The molecule has 0 aliphatic carbocycles. The highest BCUT2D eigenvalue weighted by Crippen LogP contribution is 2.35. The predicted octanol–water partition coefficient (Wildman–Crippen LogP) is 4.45. The first-order chi connectivity index (χ1) is 13.4. The van der Waals surface area contributed by atoms with Gasteiger partial charge in [-0.2, -0.15) is 0 Å². The second-order valence-corrected chi connectivity index (χ2v) is 18.1. The third-order valence-electron chi connectivity index (χ3n) is 7.24. The SMILES string of the molecule is C[Si]1(C)c2ccccc2-c2cc3cc4c(cc3cc21)-c1ccccc1[Si]4(C)C. The fraction of sp³-hybridized carbons (Fsp3) is 0.154. The molecule has 2 aliphatic heterocycles. The van der Waals surface area contributed by atoms with Crippen molar-refractivity contribution in [3.8, 4) is 22.3 Å². The van der Waals surface area contributed by atoms with Crippen LogP contribution in [0, 0.1) is 0 Å². The van der Waals surface area contributed by atoms with E-state index >= 15 is 0 Å². The van der Waals surface area contributed by atoms with Crippen molar-refractivity contribution >= 4 is 47.7 Å². The van der Waals surface area contributed by atoms with Crippen molar-refractivity contribution in [2.24, 2.45) is 0 Å². The van der Waals surface area contributed by atoms with Crippen molar-refractivity contribution in [1.82, 2.24) is 0 Å². The maximum absolute atomic E-state index is 2.52. The zero-order valence-corrected chi connectivity index (χ0v) is 18.9. The summed E-state index contributed by atoms with van der Waals surface area (Å²) < 4.78 is 0. The van der Waals surface area contributed by atoms with Crippen LogP contribution in [0.15, 0.2) is 72.8 Å². The Morgan fingerprint density at radius 3 is 1.25 bits per heavy atom. The highest BCUT2D eigenvalue weighted by atomic mass is 28.3. The van der Waals surface area contributed by atoms with Crippen molar-refractivity contribution in [3.05, 3.63) is 72.8 Å². The summed E-state index contributed by atoms with van der Waals surface area (Å²) in [6.07, 6.45) is 0. The largest absolute Gasteiger partial charge is 0.113 e. The van der Waals surface area contributed by atoms with Crippen LogP contribution in [-0.2, 0) is 0 Å². The monoisotopic (exact) mass is 392 g/mol. The van der Waals surface area contributed by atoms with Gasteiger partial charge in [0, 0.05) is 0 Å². The van der Waals surface area contributed by atoms with Gasteiger partial charge in [-0.25, -0.2) is 0 Å². The van der Waals surface area contributed by atoms with E-state index in [-0.39, 0.29) is 0 Å². The minimum absolute atomic E-state index is 1.41. The van der Waals surface area contributed by atoms with E-state index in [4.69, 9.17) is 0 Å². The lowest BCUT2D eigenvalue weighted by atomic mass is 9.98. The van der Waals surface area contributed by atoms with E-state index < -0.39 is 16.1 Å². The molecule has 28 heavy (non-hydrogen) atoms. The van der Waals surface area contributed by atoms with Crippen LogP contribution in [0.25, 0.3) is 33.0 Å². The molecule has 0 bridgehead atoms. The van der Waals surface area contributed by atoms with Gasteiger partial charge in [-0.15, -0.1) is 0 Å². The van der Waals surface area contributed by atoms with Crippen LogP contribution in [0.4, 0.5) is 0 Å². The minimum Gasteiger partial charge on any atom is -0.0623 e. The molecule has 0 nitrogen and oxygen atoms in total. The molecule has 0 saturated carbocycles. The number of rotatable bonds is 0. The predicted molar refractivity (Wildman–Crippen MR) is 128 cm³/mol. The maximum Gasteiger partial charge on any atom is 0.113 e. The zero-order valence-electron chi connectivity index (χ0n) is 16.9. The van der Waals surface area contributed by atoms with E-state index in [2.05, 4.69) is 99.0 Å². The summed E-state index contributed by atoms with van der Waals surface area (Å²) >= 11 is 0. The van der Waals surface area contributed by atoms with Crippen molar-refractivity contribution in [2.75, 3.05) is 0 Å². The van der Waals surface area contributed by atoms with Gasteiger partial charge in [0.05, 0.1) is 0 Å². The molecule has 0 atom stereocenters. The molecule has 2 aliphatic rings. The highest BCUT2D eigenvalue weighted by molar-refractivity contribution is 7.04. The summed E-state index contributed by atoms with van der Waals surface area (Å²) in [6, 6.07) is 28.2. The molecule has 6 rings (SSSR count). The van der Waals surface area contributed by atoms with Gasteiger partial charge in [-0.1, -0.05) is 86.9 Å². The second kappa shape index (κ2) is 5.13. The summed E-state index contributed by atoms with van der Waals surface area (Å²) in [7, 11) is -3.23. The second-order valence-electron chi connectivity index (χ2n) is 9.48. The lowest BCUT2D eigenvalue weighted by molar-refractivity contribution is 1.72. The fourth-order valence-electron chi connectivity index (χ4n) is 5.65. The third kappa shape index (κ3) is 1.90. The van der Waals surface area contributed by atoms with E-state index in [0.717, 1.165) is 0 Å². The van der Waals surface area contributed by atoms with Crippen LogP contribution in [-0.4, -0.2) is 16.1 Å². The topological polar surface area (TPSA) is 0 Å². The molecule has 0 fully saturated rings. The molecule has 0 N–H and O–H groups in total. The quantitative estimate of drug-likeness (QED) is 0.388. The number of benzene rings is 4. The first-order valence-electron chi connectivity index (χ1n) is 10.2. The molecule has 4 aromatic rings. The summed E-state index contributed by atoms with van der Waals surface area (Å²) in [5.74, 6) is 0. The Balaban J connectivity index is 1.68. The average Bonchev–Trinajstić information content (AvgIpc) is 3.05. The van der Waals surface area contributed by atoms with Crippen molar-refractivity contribution in [1.29, 1.82) is 0 Å². The van der Waals surface area contributed by atoms with Gasteiger partial charge in [-0.05, 0) is 65.9 Å². The Hall–Kier alpha value is -2.43. The van der Waals surface area contributed by atoms with E-state index in [0.29, 0.717) is 0 Å². The summed E-state index contributed by atoms with van der Waals surface area (Å²) in [5.41, 5.74) is 5.90. The molecule has 0 saturated heterocycles. The van der Waals surface area contributed by atoms with Gasteiger partial charge >= 0.3 is 0 Å². The molecule has 136 valence electrons. The van der Waals surface area contributed by atoms with Crippen LogP contribution in [0.2, 0.25) is 26.2 Å². The van der Waals surface area contributed by atoms with Crippen LogP contribution in [0.3, 0.4) is 0 Å². The molecule has 0 amide bonds. The lowest BCUT2D eigenvalue weighted by Crippen LogP contribution is -2.49. The molecule has 2 heteroatoms.